The summed E-state index contributed by atoms with van der Waals surface area (Å²) in [6, 6.07) is 22.7. The molecule has 6 aromatic rings. The van der Waals surface area contributed by atoms with Crippen molar-refractivity contribution in [1.29, 1.82) is 0 Å². The molecule has 0 saturated heterocycles. The van der Waals surface area contributed by atoms with E-state index in [4.69, 9.17) is 24.1 Å². The number of ether oxygens (including phenoxy) is 4. The number of carboxylic acid groups (broad SMARTS) is 1. The van der Waals surface area contributed by atoms with Crippen LogP contribution >= 0.6 is 0 Å². The minimum atomic E-state index is -4.87. The summed E-state index contributed by atoms with van der Waals surface area (Å²) in [5.41, 5.74) is 4.94. The topological polar surface area (TPSA) is 260 Å². The molecule has 0 aliphatic rings. The number of benzene rings is 6. The Morgan fingerprint density at radius 1 is 0.587 bits per heavy atom. The number of aryl methyl sites for hydroxylation is 3. The van der Waals surface area contributed by atoms with Gasteiger partial charge in [0, 0.05) is 29.3 Å². The molecule has 6 aromatic carbocycles. The zero-order valence-electron chi connectivity index (χ0n) is 35.0. The third-order valence-electron chi connectivity index (χ3n) is 9.33. The van der Waals surface area contributed by atoms with Crippen LogP contribution in [-0.2, 0) is 14.9 Å². The van der Waals surface area contributed by atoms with E-state index < -0.39 is 39.0 Å². The number of methoxy groups -OCH3 is 4. The molecule has 0 bridgehead atoms. The summed E-state index contributed by atoms with van der Waals surface area (Å²) in [6.07, 6.45) is 0. The van der Waals surface area contributed by atoms with Crippen molar-refractivity contribution in [3.8, 4) is 28.7 Å². The summed E-state index contributed by atoms with van der Waals surface area (Å²) in [6.45, 7) is 5.03. The number of aromatic hydroxyl groups is 1. The van der Waals surface area contributed by atoms with Crippen molar-refractivity contribution in [3.63, 3.8) is 0 Å². The van der Waals surface area contributed by atoms with E-state index in [0.717, 1.165) is 11.6 Å². The normalized spacial score (nSPS) is 11.9. The average Bonchev–Trinajstić information content (AvgIpc) is 3.26. The quantitative estimate of drug-likeness (QED) is 0.0525. The second kappa shape index (κ2) is 19.3. The largest absolute Gasteiger partial charge is 0.505 e. The molecule has 0 aliphatic heterocycles. The maximum absolute atomic E-state index is 12.4. The summed E-state index contributed by atoms with van der Waals surface area (Å²) in [7, 11) is 1.15. The van der Waals surface area contributed by atoms with Gasteiger partial charge in [0.25, 0.3) is 10.1 Å². The first-order chi connectivity index (χ1) is 30.1. The molecule has 0 heterocycles. The van der Waals surface area contributed by atoms with Crippen LogP contribution in [0.2, 0.25) is 0 Å². The Morgan fingerprint density at radius 2 is 1.13 bits per heavy atom. The number of azo groups is 4. The second-order valence-corrected chi connectivity index (χ2v) is 15.1. The average molecular weight is 876 g/mol. The molecule has 0 unspecified atom stereocenters. The molecule has 0 fully saturated rings. The second-order valence-electron chi connectivity index (χ2n) is 13.7. The fourth-order valence-electron chi connectivity index (χ4n) is 6.07. The van der Waals surface area contributed by atoms with Gasteiger partial charge in [-0.2, -0.15) is 23.8 Å². The minimum Gasteiger partial charge on any atom is -0.505 e. The molecule has 0 amide bonds. The molecule has 0 aromatic heterocycles. The zero-order chi connectivity index (χ0) is 45.4. The number of phenols is 1. The van der Waals surface area contributed by atoms with Gasteiger partial charge in [0.2, 0.25) is 0 Å². The van der Waals surface area contributed by atoms with E-state index in [0.29, 0.717) is 79.6 Å². The van der Waals surface area contributed by atoms with Gasteiger partial charge in [0.05, 0.1) is 45.5 Å². The van der Waals surface area contributed by atoms with Crippen LogP contribution in [0.4, 0.5) is 51.2 Å². The van der Waals surface area contributed by atoms with Crippen LogP contribution in [0.5, 0.6) is 28.7 Å². The number of fused-ring (bicyclic) bond motifs is 1. The van der Waals surface area contributed by atoms with Crippen molar-refractivity contribution in [2.75, 3.05) is 40.3 Å². The molecule has 324 valence electrons. The highest BCUT2D eigenvalue weighted by molar-refractivity contribution is 7.86. The van der Waals surface area contributed by atoms with Crippen molar-refractivity contribution in [3.05, 3.63) is 102 Å². The van der Waals surface area contributed by atoms with E-state index in [1.54, 1.807) is 63.4 Å². The van der Waals surface area contributed by atoms with Gasteiger partial charge in [-0.25, -0.2) is 0 Å². The Morgan fingerprint density at radius 3 is 1.71 bits per heavy atom. The summed E-state index contributed by atoms with van der Waals surface area (Å²) in [5, 5.41) is 57.8. The number of nitrogens with one attached hydrogen (secondary N) is 1. The van der Waals surface area contributed by atoms with Crippen molar-refractivity contribution in [1.82, 2.24) is 0 Å². The number of carboxylic acids is 1. The van der Waals surface area contributed by atoms with Crippen LogP contribution in [0.15, 0.2) is 131 Å². The summed E-state index contributed by atoms with van der Waals surface area (Å²) < 4.78 is 56.9. The van der Waals surface area contributed by atoms with Gasteiger partial charge in [-0.15, -0.1) is 25.6 Å². The van der Waals surface area contributed by atoms with Crippen molar-refractivity contribution in [2.45, 2.75) is 25.7 Å². The third-order valence-corrected chi connectivity index (χ3v) is 10.2. The van der Waals surface area contributed by atoms with E-state index in [1.807, 2.05) is 25.1 Å². The van der Waals surface area contributed by atoms with Gasteiger partial charge in [0.15, 0.2) is 5.75 Å². The molecule has 6 rings (SSSR count). The van der Waals surface area contributed by atoms with E-state index in [2.05, 4.69) is 46.2 Å². The number of phenolic OH excluding ortho intramolecular Hbond substituents is 1. The maximum Gasteiger partial charge on any atom is 0.322 e. The third kappa shape index (κ3) is 10.6. The Hall–Kier alpha value is -7.84. The number of aliphatic carboxylic acids is 1. The molecule has 63 heavy (non-hydrogen) atoms. The van der Waals surface area contributed by atoms with Crippen LogP contribution < -0.4 is 24.3 Å². The number of rotatable bonds is 16. The van der Waals surface area contributed by atoms with E-state index in [1.165, 1.54) is 39.5 Å². The van der Waals surface area contributed by atoms with Gasteiger partial charge in [-0.1, -0.05) is 12.1 Å². The molecule has 0 saturated carbocycles. The lowest BCUT2D eigenvalue weighted by Gasteiger charge is -2.11. The van der Waals surface area contributed by atoms with Gasteiger partial charge < -0.3 is 34.5 Å². The Labute approximate surface area is 361 Å². The highest BCUT2D eigenvalue weighted by Gasteiger charge is 2.23. The Bertz CT molecular complexity index is 2970. The summed E-state index contributed by atoms with van der Waals surface area (Å²) in [4.78, 5) is 10.4. The van der Waals surface area contributed by atoms with Crippen LogP contribution in [0.25, 0.3) is 10.8 Å². The number of nitrogens with zero attached hydrogens (tertiary/aromatic N) is 8. The molecule has 0 spiro atoms. The molecular weight excluding hydrogens is 835 g/mol. The number of hydrogen-bond acceptors (Lipinski definition) is 17. The van der Waals surface area contributed by atoms with E-state index >= 15 is 0 Å². The standard InChI is InChI=1S/C43H41N9O10S/c1-23-8-13-36(59-4)33(14-23)49-45-28-11-12-30(37(19-28)60-5)46-50-34-20-39(62-7)35(21-38(34)61-6)51-47-31-15-25(3)32(16-24(31)2)48-52-42-40(63(56,57)58)17-26-9-10-27(44-22-41(53)54)18-29(26)43(42)55/h8-21,44,55H,22H2,1-7H3,(H,53,54)(H,56,57,58). The van der Waals surface area contributed by atoms with Crippen molar-refractivity contribution in [2.24, 2.45) is 40.9 Å². The minimum absolute atomic E-state index is 0.143. The molecule has 4 N–H and O–H groups in total. The van der Waals surface area contributed by atoms with E-state index in [-0.39, 0.29) is 10.8 Å². The SMILES string of the molecule is COc1ccc(C)cc1N=Nc1ccc(N=Nc2cc(OC)c(N=Nc3cc(C)c(N=Nc4c(S(=O)(=O)O)cc5ccc(NCC(=O)O)cc5c4O)cc3C)cc2OC)c(OC)c1. The smallest absolute Gasteiger partial charge is 0.322 e. The Balaban J connectivity index is 1.24. The van der Waals surface area contributed by atoms with E-state index in [9.17, 15) is 22.9 Å². The van der Waals surface area contributed by atoms with Gasteiger partial charge in [0.1, 0.15) is 62.9 Å². The first-order valence-corrected chi connectivity index (χ1v) is 20.2. The molecule has 0 radical (unpaired) electrons. The lowest BCUT2D eigenvalue weighted by molar-refractivity contribution is -0.134. The van der Waals surface area contributed by atoms with Gasteiger partial charge >= 0.3 is 5.97 Å². The monoisotopic (exact) mass is 875 g/mol. The highest BCUT2D eigenvalue weighted by atomic mass is 32.2. The number of carbonyl (C=O) groups is 1. The van der Waals surface area contributed by atoms with Crippen molar-refractivity contribution < 1.29 is 46.9 Å². The van der Waals surface area contributed by atoms with Crippen LogP contribution in [-0.4, -0.2) is 64.1 Å². The number of hydrogen-bond donors (Lipinski definition) is 4. The van der Waals surface area contributed by atoms with Gasteiger partial charge in [-0.3, -0.25) is 9.35 Å². The predicted molar refractivity (Wildman–Crippen MR) is 234 cm³/mol. The molecule has 20 heteroatoms. The molecular formula is C43H41N9O10S. The van der Waals surface area contributed by atoms with Gasteiger partial charge in [-0.05, 0) is 97.4 Å². The predicted octanol–water partition coefficient (Wildman–Crippen LogP) is 11.9. The Kier molecular flexibility index (Phi) is 13.7. The highest BCUT2D eigenvalue weighted by Crippen LogP contribution is 2.44. The van der Waals surface area contributed by atoms with Crippen LogP contribution in [0.1, 0.15) is 16.7 Å². The fraction of sp³-hybridized carbons (Fsp3) is 0.186. The number of anilines is 1. The first kappa shape index (κ1) is 44.7. The molecule has 0 atom stereocenters. The zero-order valence-corrected chi connectivity index (χ0v) is 35.8. The molecule has 0 aliphatic carbocycles. The van der Waals surface area contributed by atoms with Crippen molar-refractivity contribution >= 4 is 78.0 Å². The van der Waals surface area contributed by atoms with Crippen LogP contribution in [0, 0.1) is 20.8 Å². The molecule has 19 nitrogen and oxygen atoms in total. The summed E-state index contributed by atoms with van der Waals surface area (Å²) >= 11 is 0. The summed E-state index contributed by atoms with van der Waals surface area (Å²) in [5.74, 6) is -0.0641. The lowest BCUT2D eigenvalue weighted by atomic mass is 10.1. The lowest BCUT2D eigenvalue weighted by Crippen LogP contribution is -2.12. The first-order valence-electron chi connectivity index (χ1n) is 18.7. The van der Waals surface area contributed by atoms with Crippen LogP contribution in [0.3, 0.4) is 0 Å². The fourth-order valence-corrected chi connectivity index (χ4v) is 6.72. The maximum atomic E-state index is 12.4.